The summed E-state index contributed by atoms with van der Waals surface area (Å²) in [6.45, 7) is 4.07. The zero-order valence-electron chi connectivity index (χ0n) is 44.5. The Balaban J connectivity index is 4.25. The van der Waals surface area contributed by atoms with Gasteiger partial charge in [0.15, 0.2) is 6.10 Å². The van der Waals surface area contributed by atoms with Crippen LogP contribution in [0.15, 0.2) is 109 Å². The van der Waals surface area contributed by atoms with E-state index in [4.69, 9.17) is 18.5 Å². The topological polar surface area (TPSA) is 111 Å². The lowest BCUT2D eigenvalue weighted by Crippen LogP contribution is -2.37. The predicted octanol–water partition coefficient (Wildman–Crippen LogP) is 16.0. The zero-order chi connectivity index (χ0) is 50.6. The van der Waals surface area contributed by atoms with Crippen LogP contribution >= 0.6 is 7.82 Å². The van der Waals surface area contributed by atoms with E-state index in [0.29, 0.717) is 23.9 Å². The van der Waals surface area contributed by atoms with E-state index in [1.807, 2.05) is 21.1 Å². The van der Waals surface area contributed by atoms with E-state index in [1.54, 1.807) is 0 Å². The van der Waals surface area contributed by atoms with Gasteiger partial charge < -0.3 is 27.9 Å². The van der Waals surface area contributed by atoms with Gasteiger partial charge in [0, 0.05) is 12.8 Å². The average molecular weight is 982 g/mol. The smallest absolute Gasteiger partial charge is 0.306 e. The summed E-state index contributed by atoms with van der Waals surface area (Å²) in [5, 5.41) is 0. The minimum Gasteiger partial charge on any atom is -0.756 e. The van der Waals surface area contributed by atoms with Crippen LogP contribution in [-0.4, -0.2) is 70.0 Å². The molecule has 2 unspecified atom stereocenters. The third-order valence-corrected chi connectivity index (χ3v) is 12.0. The number of carbonyl (C=O) groups is 2. The maximum Gasteiger partial charge on any atom is 0.306 e. The lowest BCUT2D eigenvalue weighted by molar-refractivity contribution is -0.870. The van der Waals surface area contributed by atoms with Gasteiger partial charge in [-0.05, 0) is 103 Å². The summed E-state index contributed by atoms with van der Waals surface area (Å²) in [7, 11) is 1.13. The third kappa shape index (κ3) is 53.9. The summed E-state index contributed by atoms with van der Waals surface area (Å²) in [5.41, 5.74) is 0. The third-order valence-electron chi connectivity index (χ3n) is 11.0. The number of phosphoric acid groups is 1. The molecule has 0 bridgehead atoms. The molecule has 0 aromatic rings. The van der Waals surface area contributed by atoms with Crippen LogP contribution in [0.1, 0.15) is 200 Å². The lowest BCUT2D eigenvalue weighted by atomic mass is 10.1. The predicted molar refractivity (Wildman–Crippen MR) is 291 cm³/mol. The van der Waals surface area contributed by atoms with Crippen LogP contribution < -0.4 is 4.89 Å². The van der Waals surface area contributed by atoms with Gasteiger partial charge in [0.05, 0.1) is 27.7 Å². The van der Waals surface area contributed by atoms with Gasteiger partial charge in [0.1, 0.15) is 19.8 Å². The van der Waals surface area contributed by atoms with Gasteiger partial charge in [-0.25, -0.2) is 0 Å². The number of rotatable bonds is 48. The summed E-state index contributed by atoms with van der Waals surface area (Å²) < 4.78 is 34.0. The van der Waals surface area contributed by atoms with Gasteiger partial charge in [-0.3, -0.25) is 14.2 Å². The minimum atomic E-state index is -4.64. The van der Waals surface area contributed by atoms with Crippen molar-refractivity contribution in [1.29, 1.82) is 0 Å². The molecular weight excluding hydrogens is 882 g/mol. The van der Waals surface area contributed by atoms with Gasteiger partial charge in [0.2, 0.25) is 0 Å². The first kappa shape index (κ1) is 65.7. The quantitative estimate of drug-likeness (QED) is 0.0195. The minimum absolute atomic E-state index is 0.0409. The molecule has 394 valence electrons. The Bertz CT molecular complexity index is 1530. The maximum atomic E-state index is 12.8. The summed E-state index contributed by atoms with van der Waals surface area (Å²) >= 11 is 0. The first-order chi connectivity index (χ1) is 33.5. The Labute approximate surface area is 423 Å². The number of phosphoric ester groups is 1. The first-order valence-electron chi connectivity index (χ1n) is 27.1. The molecule has 0 aromatic heterocycles. The van der Waals surface area contributed by atoms with E-state index >= 15 is 0 Å². The highest BCUT2D eigenvalue weighted by atomic mass is 31.2. The van der Waals surface area contributed by atoms with Crippen molar-refractivity contribution in [2.45, 2.75) is 206 Å². The van der Waals surface area contributed by atoms with E-state index in [-0.39, 0.29) is 26.1 Å². The Kier molecular flexibility index (Phi) is 47.2. The summed E-state index contributed by atoms with van der Waals surface area (Å²) in [6.07, 6.45) is 68.4. The Hall–Kier alpha value is -3.33. The van der Waals surface area contributed by atoms with Gasteiger partial charge in [0.25, 0.3) is 7.82 Å². The number of hydrogen-bond donors (Lipinski definition) is 0. The van der Waals surface area contributed by atoms with Gasteiger partial charge in [-0.1, -0.05) is 194 Å². The van der Waals surface area contributed by atoms with Gasteiger partial charge >= 0.3 is 11.9 Å². The highest BCUT2D eigenvalue weighted by Gasteiger charge is 2.21. The van der Waals surface area contributed by atoms with Crippen molar-refractivity contribution in [2.75, 3.05) is 47.5 Å². The number of allylic oxidation sites excluding steroid dienone is 18. The zero-order valence-corrected chi connectivity index (χ0v) is 45.4. The van der Waals surface area contributed by atoms with Crippen LogP contribution in [0.25, 0.3) is 0 Å². The molecule has 0 radical (unpaired) electrons. The van der Waals surface area contributed by atoms with Gasteiger partial charge in [-0.15, -0.1) is 0 Å². The Morgan fingerprint density at radius 3 is 1.25 bits per heavy atom. The average Bonchev–Trinajstić information content (AvgIpc) is 3.31. The molecule has 10 heteroatoms. The molecule has 0 amide bonds. The molecule has 0 saturated carbocycles. The molecular formula is C59H100NO8P. The maximum absolute atomic E-state index is 12.8. The van der Waals surface area contributed by atoms with E-state index in [0.717, 1.165) is 122 Å². The summed E-state index contributed by atoms with van der Waals surface area (Å²) in [4.78, 5) is 37.7. The highest BCUT2D eigenvalue weighted by molar-refractivity contribution is 7.45. The van der Waals surface area contributed by atoms with Crippen LogP contribution in [0, 0.1) is 0 Å². The van der Waals surface area contributed by atoms with Crippen molar-refractivity contribution in [3.63, 3.8) is 0 Å². The van der Waals surface area contributed by atoms with E-state index in [2.05, 4.69) is 123 Å². The van der Waals surface area contributed by atoms with Crippen LogP contribution in [-0.2, 0) is 32.7 Å². The lowest BCUT2D eigenvalue weighted by Gasteiger charge is -2.28. The fourth-order valence-electron chi connectivity index (χ4n) is 6.84. The number of hydrogen-bond acceptors (Lipinski definition) is 8. The summed E-state index contributed by atoms with van der Waals surface area (Å²) in [5.74, 6) is -0.868. The Morgan fingerprint density at radius 2 is 0.826 bits per heavy atom. The van der Waals surface area contributed by atoms with Gasteiger partial charge in [-0.2, -0.15) is 0 Å². The van der Waals surface area contributed by atoms with Crippen LogP contribution in [0.4, 0.5) is 0 Å². The number of esters is 2. The molecule has 0 aliphatic rings. The molecule has 0 aliphatic heterocycles. The number of nitrogens with zero attached hydrogens (tertiary/aromatic N) is 1. The fraction of sp³-hybridized carbons (Fsp3) is 0.661. The molecule has 0 N–H and O–H groups in total. The number of likely N-dealkylation sites (N-methyl/N-ethyl adjacent to an activating group) is 1. The molecule has 69 heavy (non-hydrogen) atoms. The number of quaternary nitrogens is 1. The van der Waals surface area contributed by atoms with Crippen LogP contribution in [0.5, 0.6) is 0 Å². The number of unbranched alkanes of at least 4 members (excludes halogenated alkanes) is 16. The van der Waals surface area contributed by atoms with Crippen molar-refractivity contribution in [2.24, 2.45) is 0 Å². The molecule has 0 rings (SSSR count). The molecule has 0 fully saturated rings. The largest absolute Gasteiger partial charge is 0.756 e. The molecule has 0 aromatic carbocycles. The second-order valence-electron chi connectivity index (χ2n) is 18.9. The summed E-state index contributed by atoms with van der Waals surface area (Å²) in [6, 6.07) is 0. The van der Waals surface area contributed by atoms with Crippen LogP contribution in [0.2, 0.25) is 0 Å². The van der Waals surface area contributed by atoms with Crippen molar-refractivity contribution < 1.29 is 42.1 Å². The van der Waals surface area contributed by atoms with E-state index < -0.39 is 32.5 Å². The SMILES string of the molecule is CC/C=C\C/C=C\C/C=C\C/C=C\C/C=C\C/C=C\C/C=C\C/C=C\CCCCCCCCC(=O)OC(COC(=O)CCCCCCC/C=C\CCCCCCC)COP(=O)([O-])OCC[N+](C)(C)C. The molecule has 0 saturated heterocycles. The van der Waals surface area contributed by atoms with Crippen molar-refractivity contribution in [3.05, 3.63) is 109 Å². The standard InChI is InChI=1S/C59H100NO8P/c1-6-8-10-12-14-16-18-20-22-23-24-25-26-27-28-29-30-31-32-33-34-35-36-37-38-40-42-44-46-48-50-52-59(62)68-57(56-67-69(63,64)66-54-53-60(3,4)5)55-65-58(61)51-49-47-45-43-41-39-21-19-17-15-13-11-9-7-2/h8,10,14,16,19-22,24-25,27-28,30-31,33-34,36-37,57H,6-7,9,11-13,15,17-18,23,26,29,32,35,38-56H2,1-5H3/b10-8-,16-14-,21-19-,22-20-,25-24-,28-27-,31-30-,34-33-,37-36-. The molecule has 9 nitrogen and oxygen atoms in total. The van der Waals surface area contributed by atoms with Crippen molar-refractivity contribution in [1.82, 2.24) is 0 Å². The van der Waals surface area contributed by atoms with Crippen molar-refractivity contribution in [3.8, 4) is 0 Å². The first-order valence-corrected chi connectivity index (χ1v) is 28.6. The molecule has 0 spiro atoms. The molecule has 0 heterocycles. The number of carbonyl (C=O) groups excluding carboxylic acids is 2. The Morgan fingerprint density at radius 1 is 0.464 bits per heavy atom. The second-order valence-corrected chi connectivity index (χ2v) is 20.3. The van der Waals surface area contributed by atoms with Crippen LogP contribution in [0.3, 0.4) is 0 Å². The monoisotopic (exact) mass is 982 g/mol. The molecule has 0 aliphatic carbocycles. The fourth-order valence-corrected chi connectivity index (χ4v) is 7.57. The van der Waals surface area contributed by atoms with E-state index in [1.165, 1.54) is 38.5 Å². The molecule has 2 atom stereocenters. The number of ether oxygens (including phenoxy) is 2. The van der Waals surface area contributed by atoms with Crippen molar-refractivity contribution >= 4 is 19.8 Å². The normalized spacial score (nSPS) is 14.2. The van der Waals surface area contributed by atoms with E-state index in [9.17, 15) is 19.0 Å². The highest BCUT2D eigenvalue weighted by Crippen LogP contribution is 2.38. The second kappa shape index (κ2) is 49.6.